The van der Waals surface area contributed by atoms with E-state index in [0.29, 0.717) is 13.0 Å². The van der Waals surface area contributed by atoms with Gasteiger partial charge in [0.1, 0.15) is 0 Å². The van der Waals surface area contributed by atoms with Gasteiger partial charge in [-0.1, -0.05) is 30.3 Å². The summed E-state index contributed by atoms with van der Waals surface area (Å²) in [6.07, 6.45) is -1.45. The first kappa shape index (κ1) is 16.5. The molecule has 0 saturated carbocycles. The highest BCUT2D eigenvalue weighted by Crippen LogP contribution is 2.07. The van der Waals surface area contributed by atoms with Gasteiger partial charge in [-0.3, -0.25) is 0 Å². The number of hydrogen-bond acceptors (Lipinski definition) is 3. The molecule has 1 rings (SSSR count). The fourth-order valence-electron chi connectivity index (χ4n) is 1.86. The van der Waals surface area contributed by atoms with Gasteiger partial charge < -0.3 is 20.8 Å². The van der Waals surface area contributed by atoms with Gasteiger partial charge in [0, 0.05) is 12.1 Å². The second kappa shape index (κ2) is 7.26. The maximum atomic E-state index is 10.9. The minimum absolute atomic E-state index is 0.124. The second-order valence-corrected chi connectivity index (χ2v) is 5.94. The highest BCUT2D eigenvalue weighted by Gasteiger charge is 2.23. The molecule has 5 nitrogen and oxygen atoms in total. The first-order valence-corrected chi connectivity index (χ1v) is 6.74. The average molecular weight is 280 g/mol. The maximum absolute atomic E-state index is 10.9. The molecule has 1 amide bonds. The highest BCUT2D eigenvalue weighted by atomic mass is 16.4. The van der Waals surface area contributed by atoms with E-state index in [1.54, 1.807) is 0 Å². The zero-order valence-corrected chi connectivity index (χ0v) is 12.3. The van der Waals surface area contributed by atoms with Crippen LogP contribution >= 0.6 is 0 Å². The van der Waals surface area contributed by atoms with Gasteiger partial charge in [-0.2, -0.15) is 0 Å². The molecule has 0 spiro atoms. The SMILES string of the molecule is CC(C)(C)NC[C@@H](O)[C@H](Cc1ccccc1)NC(=O)O. The van der Waals surface area contributed by atoms with E-state index in [9.17, 15) is 9.90 Å². The average Bonchev–Trinajstić information content (AvgIpc) is 2.35. The van der Waals surface area contributed by atoms with Gasteiger partial charge in [0.15, 0.2) is 0 Å². The van der Waals surface area contributed by atoms with Gasteiger partial charge in [-0.25, -0.2) is 4.79 Å². The molecular formula is C15H24N2O3. The van der Waals surface area contributed by atoms with Crippen LogP contribution in [0.25, 0.3) is 0 Å². The predicted molar refractivity (Wildman–Crippen MR) is 78.9 cm³/mol. The summed E-state index contributed by atoms with van der Waals surface area (Å²) >= 11 is 0. The summed E-state index contributed by atoms with van der Waals surface area (Å²) in [5.41, 5.74) is 0.864. The lowest BCUT2D eigenvalue weighted by atomic mass is 10.00. The molecule has 1 aromatic rings. The van der Waals surface area contributed by atoms with Crippen LogP contribution in [0.4, 0.5) is 4.79 Å². The molecule has 112 valence electrons. The zero-order valence-electron chi connectivity index (χ0n) is 12.3. The van der Waals surface area contributed by atoms with Crippen molar-refractivity contribution in [2.45, 2.75) is 44.9 Å². The van der Waals surface area contributed by atoms with E-state index >= 15 is 0 Å². The smallest absolute Gasteiger partial charge is 0.404 e. The van der Waals surface area contributed by atoms with E-state index in [1.165, 1.54) is 0 Å². The van der Waals surface area contributed by atoms with Crippen LogP contribution in [0.3, 0.4) is 0 Å². The summed E-state index contributed by atoms with van der Waals surface area (Å²) in [6.45, 7) is 6.32. The third kappa shape index (κ3) is 6.54. The minimum atomic E-state index is -1.12. The van der Waals surface area contributed by atoms with Crippen molar-refractivity contribution in [3.63, 3.8) is 0 Å². The number of β-amino-alcohol motifs (C(OH)–C–C–N with tert-alkyl or cyclic N) is 1. The third-order valence-electron chi connectivity index (χ3n) is 2.91. The molecular weight excluding hydrogens is 256 g/mol. The Balaban J connectivity index is 2.65. The molecule has 2 atom stereocenters. The van der Waals surface area contributed by atoms with Gasteiger partial charge in [0.2, 0.25) is 0 Å². The molecule has 5 heteroatoms. The van der Waals surface area contributed by atoms with E-state index in [0.717, 1.165) is 5.56 Å². The number of aliphatic hydroxyl groups excluding tert-OH is 1. The Bertz CT molecular complexity index is 415. The second-order valence-electron chi connectivity index (χ2n) is 5.94. The lowest BCUT2D eigenvalue weighted by Crippen LogP contribution is -2.51. The summed E-state index contributed by atoms with van der Waals surface area (Å²) in [6, 6.07) is 8.99. The predicted octanol–water partition coefficient (Wildman–Crippen LogP) is 1.61. The first-order valence-electron chi connectivity index (χ1n) is 6.74. The van der Waals surface area contributed by atoms with E-state index < -0.39 is 18.2 Å². The van der Waals surface area contributed by atoms with Crippen molar-refractivity contribution < 1.29 is 15.0 Å². The Labute approximate surface area is 120 Å². The Kier molecular flexibility index (Phi) is 5.98. The normalized spacial score (nSPS) is 14.6. The molecule has 0 aliphatic rings. The molecule has 0 aromatic heterocycles. The fraction of sp³-hybridized carbons (Fsp3) is 0.533. The largest absolute Gasteiger partial charge is 0.465 e. The molecule has 0 aliphatic carbocycles. The number of nitrogens with one attached hydrogen (secondary N) is 2. The molecule has 0 fully saturated rings. The quantitative estimate of drug-likeness (QED) is 0.638. The summed E-state index contributed by atoms with van der Waals surface area (Å²) < 4.78 is 0. The van der Waals surface area contributed by atoms with Crippen LogP contribution in [0.5, 0.6) is 0 Å². The zero-order chi connectivity index (χ0) is 15.2. The van der Waals surface area contributed by atoms with Gasteiger partial charge in [-0.05, 0) is 32.8 Å². The Morgan fingerprint density at radius 2 is 1.85 bits per heavy atom. The van der Waals surface area contributed by atoms with Crippen molar-refractivity contribution in [1.29, 1.82) is 0 Å². The molecule has 1 aromatic carbocycles. The van der Waals surface area contributed by atoms with E-state index in [4.69, 9.17) is 5.11 Å². The van der Waals surface area contributed by atoms with E-state index in [2.05, 4.69) is 10.6 Å². The Morgan fingerprint density at radius 1 is 1.25 bits per heavy atom. The van der Waals surface area contributed by atoms with E-state index in [-0.39, 0.29) is 5.54 Å². The fourth-order valence-corrected chi connectivity index (χ4v) is 1.86. The van der Waals surface area contributed by atoms with Crippen molar-refractivity contribution in [1.82, 2.24) is 10.6 Å². The van der Waals surface area contributed by atoms with Crippen LogP contribution in [0.1, 0.15) is 26.3 Å². The van der Waals surface area contributed by atoms with Gasteiger partial charge in [0.05, 0.1) is 12.1 Å². The molecule has 0 saturated heterocycles. The number of hydrogen-bond donors (Lipinski definition) is 4. The molecule has 0 unspecified atom stereocenters. The highest BCUT2D eigenvalue weighted by molar-refractivity contribution is 5.65. The summed E-state index contributed by atoms with van der Waals surface area (Å²) in [7, 11) is 0. The third-order valence-corrected chi connectivity index (χ3v) is 2.91. The van der Waals surface area contributed by atoms with Crippen LogP contribution in [0, 0.1) is 0 Å². The standard InChI is InChI=1S/C15H24N2O3/c1-15(2,3)16-10-13(18)12(17-14(19)20)9-11-7-5-4-6-8-11/h4-8,12-13,16-18H,9-10H2,1-3H3,(H,19,20)/t12-,13+/m0/s1. The van der Waals surface area contributed by atoms with Crippen molar-refractivity contribution in [2.75, 3.05) is 6.54 Å². The van der Waals surface area contributed by atoms with Crippen molar-refractivity contribution in [2.24, 2.45) is 0 Å². The van der Waals surface area contributed by atoms with Crippen LogP contribution in [-0.2, 0) is 6.42 Å². The molecule has 0 bridgehead atoms. The number of aliphatic hydroxyl groups is 1. The van der Waals surface area contributed by atoms with Gasteiger partial charge in [-0.15, -0.1) is 0 Å². The van der Waals surface area contributed by atoms with Gasteiger partial charge >= 0.3 is 6.09 Å². The number of rotatable bonds is 6. The molecule has 4 N–H and O–H groups in total. The minimum Gasteiger partial charge on any atom is -0.465 e. The van der Waals surface area contributed by atoms with Crippen LogP contribution in [0.2, 0.25) is 0 Å². The number of benzene rings is 1. The summed E-state index contributed by atoms with van der Waals surface area (Å²) in [5.74, 6) is 0. The Morgan fingerprint density at radius 3 is 2.35 bits per heavy atom. The summed E-state index contributed by atoms with van der Waals surface area (Å²) in [5, 5.41) is 24.7. The Hall–Kier alpha value is -1.59. The molecule has 0 heterocycles. The summed E-state index contributed by atoms with van der Waals surface area (Å²) in [4.78, 5) is 10.9. The van der Waals surface area contributed by atoms with Crippen molar-refractivity contribution >= 4 is 6.09 Å². The van der Waals surface area contributed by atoms with Crippen molar-refractivity contribution in [3.05, 3.63) is 35.9 Å². The topological polar surface area (TPSA) is 81.6 Å². The van der Waals surface area contributed by atoms with Crippen LogP contribution in [-0.4, -0.2) is 40.5 Å². The lowest BCUT2D eigenvalue weighted by molar-refractivity contribution is 0.111. The molecule has 20 heavy (non-hydrogen) atoms. The molecule has 0 radical (unpaired) electrons. The van der Waals surface area contributed by atoms with E-state index in [1.807, 2.05) is 51.1 Å². The monoisotopic (exact) mass is 280 g/mol. The lowest BCUT2D eigenvalue weighted by Gasteiger charge is -2.27. The van der Waals surface area contributed by atoms with Crippen LogP contribution in [0.15, 0.2) is 30.3 Å². The van der Waals surface area contributed by atoms with Crippen molar-refractivity contribution in [3.8, 4) is 0 Å². The first-order chi connectivity index (χ1) is 9.28. The van der Waals surface area contributed by atoms with Gasteiger partial charge in [0.25, 0.3) is 0 Å². The number of amides is 1. The van der Waals surface area contributed by atoms with Crippen LogP contribution < -0.4 is 10.6 Å². The maximum Gasteiger partial charge on any atom is 0.404 e. The number of carboxylic acid groups (broad SMARTS) is 1. The number of carbonyl (C=O) groups is 1. The molecule has 0 aliphatic heterocycles.